The Morgan fingerprint density at radius 1 is 0.490 bits per heavy atom. The van der Waals surface area contributed by atoms with Gasteiger partial charge in [-0.05, 0) is 111 Å². The fourth-order valence-electron chi connectivity index (χ4n) is 7.69. The zero-order chi connectivity index (χ0) is 32.4. The molecule has 0 bridgehead atoms. The summed E-state index contributed by atoms with van der Waals surface area (Å²) in [6.45, 7) is 2.37. The third-order valence-electron chi connectivity index (χ3n) is 9.85. The predicted molar refractivity (Wildman–Crippen MR) is 212 cm³/mol. The second-order valence-corrected chi connectivity index (χ2v) is 17.4. The molecule has 0 spiro atoms. The molecule has 5 aromatic rings. The van der Waals surface area contributed by atoms with Crippen LogP contribution in [0, 0.1) is 5.92 Å². The van der Waals surface area contributed by atoms with Crippen LogP contribution in [0.1, 0.15) is 56.6 Å². The van der Waals surface area contributed by atoms with Crippen molar-refractivity contribution >= 4 is 42.4 Å². The molecule has 1 fully saturated rings. The van der Waals surface area contributed by atoms with Gasteiger partial charge in [0.25, 0.3) is 0 Å². The predicted octanol–water partition coefficient (Wildman–Crippen LogP) is 9.73. The summed E-state index contributed by atoms with van der Waals surface area (Å²) in [4.78, 5) is 2.84. The Bertz CT molecular complexity index is 1680. The summed E-state index contributed by atoms with van der Waals surface area (Å²) >= 11 is 0. The van der Waals surface area contributed by atoms with Gasteiger partial charge in [-0.2, -0.15) is 0 Å². The van der Waals surface area contributed by atoms with E-state index in [2.05, 4.69) is 169 Å². The van der Waals surface area contributed by atoms with Crippen molar-refractivity contribution in [3.63, 3.8) is 0 Å². The summed E-state index contributed by atoms with van der Waals surface area (Å²) in [7, 11) is -1.29. The summed E-state index contributed by atoms with van der Waals surface area (Å²) in [6, 6.07) is 55.0. The van der Waals surface area contributed by atoms with Crippen molar-refractivity contribution in [2.45, 2.75) is 51.0 Å². The van der Waals surface area contributed by atoms with Crippen molar-refractivity contribution in [1.82, 2.24) is 4.90 Å². The number of hydrogen-bond acceptors (Lipinski definition) is 1. The van der Waals surface area contributed by atoms with Gasteiger partial charge in [-0.15, -0.1) is 0 Å². The van der Waals surface area contributed by atoms with E-state index in [1.54, 1.807) is 5.31 Å². The molecule has 1 aliphatic heterocycles. The topological polar surface area (TPSA) is 3.24 Å². The standard InChI is InChI=1S/C40H39NP2.C5H8.Fe/c1-5-18-32(19-6-1)42(33-20-7-2-8-21-33)38-28-14-13-26-36(38)40(41-30-15-16-31-41)37-27-17-29-39(37)43(34-22-9-3-10-23-34)35-24-11-4-12-25-35;1-2-4-5-3-1;/h1-14,18-26,28-29,37,40H,15-17,27,30-31H2;1-2H,3-5H2;/t37-,40?;;/m0../s1. The van der Waals surface area contributed by atoms with Gasteiger partial charge in [-0.3, -0.25) is 4.90 Å². The van der Waals surface area contributed by atoms with Crippen LogP contribution >= 0.6 is 15.8 Å². The van der Waals surface area contributed by atoms with Gasteiger partial charge in [0.2, 0.25) is 0 Å². The minimum absolute atomic E-state index is 0. The zero-order valence-corrected chi connectivity index (χ0v) is 31.2. The number of hydrogen-bond donors (Lipinski definition) is 0. The molecule has 2 aliphatic carbocycles. The van der Waals surface area contributed by atoms with E-state index in [9.17, 15) is 0 Å². The molecule has 8 rings (SSSR count). The molecule has 250 valence electrons. The molecule has 0 saturated carbocycles. The molecular weight excluding hydrogens is 672 g/mol. The van der Waals surface area contributed by atoms with Gasteiger partial charge in [0.15, 0.2) is 0 Å². The van der Waals surface area contributed by atoms with Crippen molar-refractivity contribution in [2.75, 3.05) is 13.1 Å². The average Bonchev–Trinajstić information content (AvgIpc) is 3.98. The summed E-state index contributed by atoms with van der Waals surface area (Å²) in [5.41, 5.74) is 1.54. The fourth-order valence-corrected chi connectivity index (χ4v) is 12.9. The minimum atomic E-state index is -0.686. The monoisotopic (exact) mass is 719 g/mol. The number of benzene rings is 5. The van der Waals surface area contributed by atoms with Crippen molar-refractivity contribution in [2.24, 2.45) is 5.92 Å². The molecule has 0 aromatic heterocycles. The smallest absolute Gasteiger partial charge is 0.0423 e. The van der Waals surface area contributed by atoms with Crippen LogP contribution in [0.5, 0.6) is 0 Å². The van der Waals surface area contributed by atoms with Gasteiger partial charge in [0, 0.05) is 29.0 Å². The molecule has 4 heteroatoms. The van der Waals surface area contributed by atoms with Crippen LogP contribution in [0.25, 0.3) is 0 Å². The third-order valence-corrected chi connectivity index (χ3v) is 15.0. The Morgan fingerprint density at radius 3 is 1.41 bits per heavy atom. The third kappa shape index (κ3) is 8.63. The Kier molecular flexibility index (Phi) is 13.3. The molecule has 1 nitrogen and oxygen atoms in total. The summed E-state index contributed by atoms with van der Waals surface area (Å²) in [6.07, 6.45) is 16.1. The Labute approximate surface area is 307 Å². The second-order valence-electron chi connectivity index (χ2n) is 13.0. The first-order chi connectivity index (χ1) is 23.9. The molecule has 49 heavy (non-hydrogen) atoms. The van der Waals surface area contributed by atoms with Crippen LogP contribution in [0.4, 0.5) is 0 Å². The first kappa shape index (κ1) is 35.7. The van der Waals surface area contributed by atoms with Gasteiger partial charge < -0.3 is 0 Å². The van der Waals surface area contributed by atoms with Crippen molar-refractivity contribution in [3.05, 3.63) is 175 Å². The quantitative estimate of drug-likeness (QED) is 0.0834. The fraction of sp³-hybridized carbons (Fsp3) is 0.244. The van der Waals surface area contributed by atoms with Crippen LogP contribution in [-0.4, -0.2) is 18.0 Å². The normalized spacial score (nSPS) is 17.8. The van der Waals surface area contributed by atoms with Gasteiger partial charge >= 0.3 is 0 Å². The number of nitrogens with zero attached hydrogens (tertiary/aromatic N) is 1. The molecule has 1 heterocycles. The van der Waals surface area contributed by atoms with Crippen LogP contribution in [0.3, 0.4) is 0 Å². The summed E-state index contributed by atoms with van der Waals surface area (Å²) in [5, 5.41) is 8.96. The molecule has 1 unspecified atom stereocenters. The van der Waals surface area contributed by atoms with Gasteiger partial charge in [0.05, 0.1) is 0 Å². The van der Waals surface area contributed by atoms with Crippen molar-refractivity contribution < 1.29 is 17.1 Å². The van der Waals surface area contributed by atoms with Crippen LogP contribution in [-0.2, 0) is 17.1 Å². The van der Waals surface area contributed by atoms with E-state index in [1.807, 2.05) is 0 Å². The Balaban J connectivity index is 0.000000639. The molecule has 3 aliphatic rings. The summed E-state index contributed by atoms with van der Waals surface area (Å²) in [5.74, 6) is 0.495. The SMILES string of the molecule is C1=C(P(c2ccccc2)c2ccccc2)[C@@H](C(c2ccccc2P(c2ccccc2)c2ccccc2)N2CCCC2)CC1.C1=CCCC1.[Fe]. The maximum atomic E-state index is 2.84. The zero-order valence-electron chi connectivity index (χ0n) is 28.3. The van der Waals surface area contributed by atoms with Crippen molar-refractivity contribution in [3.8, 4) is 0 Å². The largest absolute Gasteiger partial charge is 0.296 e. The molecule has 0 N–H and O–H groups in total. The van der Waals surface area contributed by atoms with E-state index >= 15 is 0 Å². The van der Waals surface area contributed by atoms with Crippen molar-refractivity contribution in [1.29, 1.82) is 0 Å². The number of rotatable bonds is 9. The van der Waals surface area contributed by atoms with E-state index in [0.29, 0.717) is 12.0 Å². The van der Waals surface area contributed by atoms with Crippen LogP contribution in [0.2, 0.25) is 0 Å². The van der Waals surface area contributed by atoms with E-state index in [1.165, 1.54) is 83.7 Å². The van der Waals surface area contributed by atoms with Gasteiger partial charge in [-0.25, -0.2) is 0 Å². The van der Waals surface area contributed by atoms with Gasteiger partial charge in [-0.1, -0.05) is 164 Å². The van der Waals surface area contributed by atoms with Gasteiger partial charge in [0.1, 0.15) is 0 Å². The van der Waals surface area contributed by atoms with Crippen LogP contribution in [0.15, 0.2) is 169 Å². The number of allylic oxidation sites excluding steroid dienone is 3. The molecular formula is C45H47FeNP2. The average molecular weight is 720 g/mol. The van der Waals surface area contributed by atoms with E-state index in [0.717, 1.165) is 6.42 Å². The van der Waals surface area contributed by atoms with E-state index < -0.39 is 15.8 Å². The van der Waals surface area contributed by atoms with Crippen LogP contribution < -0.4 is 26.5 Å². The maximum absolute atomic E-state index is 2.84. The van der Waals surface area contributed by atoms with E-state index in [-0.39, 0.29) is 17.1 Å². The number of likely N-dealkylation sites (tertiary alicyclic amines) is 1. The Morgan fingerprint density at radius 2 is 0.939 bits per heavy atom. The Hall–Kier alpha value is -3.08. The first-order valence-corrected chi connectivity index (χ1v) is 20.6. The molecule has 1 saturated heterocycles. The van der Waals surface area contributed by atoms with E-state index in [4.69, 9.17) is 0 Å². The molecule has 2 atom stereocenters. The minimum Gasteiger partial charge on any atom is -0.296 e. The summed E-state index contributed by atoms with van der Waals surface area (Å²) < 4.78 is 0. The maximum Gasteiger partial charge on any atom is 0.0423 e. The molecule has 5 aromatic carbocycles. The second kappa shape index (κ2) is 18.2. The molecule has 0 radical (unpaired) electrons. The molecule has 0 amide bonds. The first-order valence-electron chi connectivity index (χ1n) is 17.9.